The van der Waals surface area contributed by atoms with Crippen molar-refractivity contribution in [3.63, 3.8) is 0 Å². The Labute approximate surface area is 178 Å². The molecule has 1 heterocycles. The summed E-state index contributed by atoms with van der Waals surface area (Å²) >= 11 is 0. The minimum absolute atomic E-state index is 0.429. The van der Waals surface area contributed by atoms with Crippen LogP contribution in [0, 0.1) is 40.4 Å². The van der Waals surface area contributed by atoms with Crippen LogP contribution >= 0.6 is 0 Å². The lowest BCUT2D eigenvalue weighted by Gasteiger charge is -2.57. The quantitative estimate of drug-likeness (QED) is 0.421. The molecule has 0 aromatic heterocycles. The first-order valence-electron chi connectivity index (χ1n) is 12.7. The zero-order chi connectivity index (χ0) is 20.6. The fourth-order valence-corrected chi connectivity index (χ4v) is 8.96. The molecule has 0 bridgehead atoms. The average Bonchev–Trinajstić information content (AvgIpc) is 3.27. The topological polar surface area (TPSA) is 32.8 Å². The van der Waals surface area contributed by atoms with Crippen molar-refractivity contribution < 1.29 is 9.84 Å². The van der Waals surface area contributed by atoms with E-state index in [9.17, 15) is 5.11 Å². The zero-order valence-corrected chi connectivity index (χ0v) is 19.5. The Bertz CT molecular complexity index is 675. The number of epoxide rings is 1. The molecule has 2 nitrogen and oxygen atoms in total. The number of ether oxygens (including phenoxy) is 1. The van der Waals surface area contributed by atoms with E-state index in [4.69, 9.17) is 4.74 Å². The summed E-state index contributed by atoms with van der Waals surface area (Å²) < 4.78 is 5.97. The summed E-state index contributed by atoms with van der Waals surface area (Å²) in [7, 11) is 0. The molecule has 1 saturated heterocycles. The van der Waals surface area contributed by atoms with Gasteiger partial charge in [-0.3, -0.25) is 0 Å². The normalized spacial score (nSPS) is 49.4. The van der Waals surface area contributed by atoms with Crippen LogP contribution in [0.4, 0.5) is 0 Å². The molecule has 0 radical (unpaired) electrons. The Morgan fingerprint density at radius 2 is 1.97 bits per heavy atom. The average molecular weight is 401 g/mol. The first-order chi connectivity index (χ1) is 13.6. The molecule has 0 spiro atoms. The van der Waals surface area contributed by atoms with Gasteiger partial charge in [0.05, 0.1) is 17.8 Å². The van der Waals surface area contributed by atoms with Gasteiger partial charge in [-0.1, -0.05) is 45.3 Å². The van der Waals surface area contributed by atoms with Crippen molar-refractivity contribution in [3.8, 4) is 0 Å². The second-order valence-corrected chi connectivity index (χ2v) is 12.8. The maximum Gasteiger partial charge on any atom is 0.0879 e. The molecule has 164 valence electrons. The van der Waals surface area contributed by atoms with Gasteiger partial charge >= 0.3 is 0 Å². The highest BCUT2D eigenvalue weighted by Gasteiger charge is 2.61. The van der Waals surface area contributed by atoms with Gasteiger partial charge in [-0.25, -0.2) is 0 Å². The van der Waals surface area contributed by atoms with Gasteiger partial charge in [0, 0.05) is 0 Å². The van der Waals surface area contributed by atoms with Gasteiger partial charge in [0.15, 0.2) is 0 Å². The molecule has 5 rings (SSSR count). The Morgan fingerprint density at radius 1 is 1.17 bits per heavy atom. The molecular formula is C27H44O2. The van der Waals surface area contributed by atoms with Crippen LogP contribution in [-0.4, -0.2) is 22.9 Å². The lowest BCUT2D eigenvalue weighted by atomic mass is 9.47. The van der Waals surface area contributed by atoms with Crippen LogP contribution in [0.15, 0.2) is 11.6 Å². The van der Waals surface area contributed by atoms with Gasteiger partial charge in [0.2, 0.25) is 0 Å². The van der Waals surface area contributed by atoms with Crippen molar-refractivity contribution in [2.24, 2.45) is 40.4 Å². The molecule has 29 heavy (non-hydrogen) atoms. The third-order valence-electron chi connectivity index (χ3n) is 10.6. The van der Waals surface area contributed by atoms with Crippen LogP contribution in [-0.2, 0) is 4.74 Å². The predicted molar refractivity (Wildman–Crippen MR) is 119 cm³/mol. The van der Waals surface area contributed by atoms with Gasteiger partial charge in [-0.2, -0.15) is 0 Å². The van der Waals surface area contributed by atoms with Crippen LogP contribution in [0.25, 0.3) is 0 Å². The van der Waals surface area contributed by atoms with E-state index in [0.29, 0.717) is 23.0 Å². The summed E-state index contributed by atoms with van der Waals surface area (Å²) in [5.41, 5.74) is 2.23. The van der Waals surface area contributed by atoms with E-state index in [1.807, 2.05) is 13.8 Å². The molecule has 2 heteroatoms. The SMILES string of the molecule is C[C@H](CCCC(C)(C)O)[C@H]1CC[C@H]2[C@@H]3CC=C4CC5O[C@H]5C[C@]4(C)[C@H]3CC[C@]12C. The van der Waals surface area contributed by atoms with Gasteiger partial charge in [0.1, 0.15) is 0 Å². The highest BCUT2D eigenvalue weighted by Crippen LogP contribution is 2.68. The fourth-order valence-electron chi connectivity index (χ4n) is 8.96. The zero-order valence-electron chi connectivity index (χ0n) is 19.5. The number of aliphatic hydroxyl groups is 1. The molecule has 5 aliphatic rings. The third-order valence-corrected chi connectivity index (χ3v) is 10.6. The number of fused-ring (bicyclic) bond motifs is 6. The van der Waals surface area contributed by atoms with Gasteiger partial charge in [0.25, 0.3) is 0 Å². The maximum atomic E-state index is 10.1. The van der Waals surface area contributed by atoms with Crippen LogP contribution in [0.2, 0.25) is 0 Å². The summed E-state index contributed by atoms with van der Waals surface area (Å²) in [5, 5.41) is 10.1. The van der Waals surface area contributed by atoms with E-state index in [0.717, 1.165) is 36.0 Å². The van der Waals surface area contributed by atoms with Gasteiger partial charge < -0.3 is 9.84 Å². The molecule has 1 unspecified atom stereocenters. The molecule has 1 aliphatic heterocycles. The monoisotopic (exact) mass is 400 g/mol. The van der Waals surface area contributed by atoms with Crippen molar-refractivity contribution in [3.05, 3.63) is 11.6 Å². The molecule has 4 aliphatic carbocycles. The number of hydrogen-bond acceptors (Lipinski definition) is 2. The standard InChI is InChI=1S/C27H44O2/c1-17(7-6-13-25(2,3)28)20-10-11-21-19-9-8-18-15-23-24(29-23)16-27(18,5)22(19)12-14-26(20,21)4/h8,17,19-24,28H,6-7,9-16H2,1-5H3/t17-,19+,20-,21+,22+,23?,24+,26-,27+/m1/s1. The minimum Gasteiger partial charge on any atom is -0.390 e. The smallest absolute Gasteiger partial charge is 0.0879 e. The fraction of sp³-hybridized carbons (Fsp3) is 0.926. The summed E-state index contributed by atoms with van der Waals surface area (Å²) in [5.74, 6) is 4.41. The highest BCUT2D eigenvalue weighted by atomic mass is 16.6. The van der Waals surface area contributed by atoms with Crippen molar-refractivity contribution in [1.82, 2.24) is 0 Å². The second-order valence-electron chi connectivity index (χ2n) is 12.8. The first kappa shape index (κ1) is 20.6. The summed E-state index contributed by atoms with van der Waals surface area (Å²) in [6, 6.07) is 0. The first-order valence-corrected chi connectivity index (χ1v) is 12.7. The number of hydrogen-bond donors (Lipinski definition) is 1. The largest absolute Gasteiger partial charge is 0.390 e. The van der Waals surface area contributed by atoms with E-state index in [-0.39, 0.29) is 0 Å². The van der Waals surface area contributed by atoms with Crippen LogP contribution < -0.4 is 0 Å². The molecule has 9 atom stereocenters. The minimum atomic E-state index is -0.508. The number of allylic oxidation sites excluding steroid dienone is 1. The Hall–Kier alpha value is -0.340. The van der Waals surface area contributed by atoms with Crippen LogP contribution in [0.1, 0.15) is 98.8 Å². The molecule has 1 N–H and O–H groups in total. The summed E-state index contributed by atoms with van der Waals surface area (Å²) in [6.45, 7) is 11.7. The van der Waals surface area contributed by atoms with E-state index in [2.05, 4.69) is 26.8 Å². The highest BCUT2D eigenvalue weighted by molar-refractivity contribution is 5.28. The molecule has 3 saturated carbocycles. The summed E-state index contributed by atoms with van der Waals surface area (Å²) in [6.07, 6.45) is 16.9. The molecule has 4 fully saturated rings. The van der Waals surface area contributed by atoms with Crippen LogP contribution in [0.3, 0.4) is 0 Å². The Kier molecular flexibility index (Phi) is 4.84. The third kappa shape index (κ3) is 3.36. The lowest BCUT2D eigenvalue weighted by molar-refractivity contribution is -0.0492. The predicted octanol–water partition coefficient (Wildman–Crippen LogP) is 6.52. The van der Waals surface area contributed by atoms with Gasteiger partial charge in [-0.15, -0.1) is 0 Å². The van der Waals surface area contributed by atoms with Crippen molar-refractivity contribution in [2.75, 3.05) is 0 Å². The maximum absolute atomic E-state index is 10.1. The molecular weight excluding hydrogens is 356 g/mol. The van der Waals surface area contributed by atoms with Gasteiger partial charge in [-0.05, 0) is 106 Å². The number of rotatable bonds is 5. The molecule has 0 aromatic carbocycles. The summed E-state index contributed by atoms with van der Waals surface area (Å²) in [4.78, 5) is 0. The Balaban J connectivity index is 1.30. The molecule has 0 aromatic rings. The van der Waals surface area contributed by atoms with Crippen molar-refractivity contribution in [2.45, 2.75) is 117 Å². The van der Waals surface area contributed by atoms with Crippen molar-refractivity contribution in [1.29, 1.82) is 0 Å². The van der Waals surface area contributed by atoms with Crippen LogP contribution in [0.5, 0.6) is 0 Å². The lowest BCUT2D eigenvalue weighted by Crippen LogP contribution is -2.50. The van der Waals surface area contributed by atoms with E-state index < -0.39 is 5.60 Å². The molecule has 0 amide bonds. The van der Waals surface area contributed by atoms with E-state index in [1.165, 1.54) is 57.8 Å². The van der Waals surface area contributed by atoms with E-state index >= 15 is 0 Å². The van der Waals surface area contributed by atoms with E-state index in [1.54, 1.807) is 5.57 Å². The Morgan fingerprint density at radius 3 is 2.72 bits per heavy atom. The second kappa shape index (κ2) is 6.83. The van der Waals surface area contributed by atoms with Crippen molar-refractivity contribution >= 4 is 0 Å².